The van der Waals surface area contributed by atoms with Crippen molar-refractivity contribution in [2.24, 2.45) is 0 Å². The molecule has 1 saturated heterocycles. The largest absolute Gasteiger partial charge is 0.394 e. The van der Waals surface area contributed by atoms with Gasteiger partial charge in [0, 0.05) is 12.1 Å². The van der Waals surface area contributed by atoms with Crippen molar-refractivity contribution in [1.29, 1.82) is 0 Å². The summed E-state index contributed by atoms with van der Waals surface area (Å²) in [4.78, 5) is 14.4. The third-order valence-electron chi connectivity index (χ3n) is 6.62. The zero-order valence-electron chi connectivity index (χ0n) is 18.4. The van der Waals surface area contributed by atoms with Crippen LogP contribution in [0.4, 0.5) is 24.5 Å². The van der Waals surface area contributed by atoms with Crippen molar-refractivity contribution in [3.05, 3.63) is 58.9 Å². The molecule has 2 aliphatic rings. The number of benzene rings is 2. The molecule has 178 valence electrons. The summed E-state index contributed by atoms with van der Waals surface area (Å²) in [7, 11) is 0. The van der Waals surface area contributed by atoms with Gasteiger partial charge in [-0.25, -0.2) is 13.2 Å². The monoisotopic (exact) mass is 463 g/mol. The van der Waals surface area contributed by atoms with E-state index in [0.717, 1.165) is 37.8 Å². The molecule has 0 unspecified atom stereocenters. The molecule has 0 spiro atoms. The number of rotatable bonds is 7. The van der Waals surface area contributed by atoms with Crippen LogP contribution < -0.4 is 10.6 Å². The lowest BCUT2D eigenvalue weighted by atomic mass is 9.90. The maximum absolute atomic E-state index is 14.6. The summed E-state index contributed by atoms with van der Waals surface area (Å²) in [5, 5.41) is 26.3. The number of aliphatic hydroxyl groups is 2. The molecular formula is C24H28F3N3O3. The first kappa shape index (κ1) is 23.5. The molecule has 1 aliphatic heterocycles. The second kappa shape index (κ2) is 8.96. The highest BCUT2D eigenvalue weighted by Crippen LogP contribution is 2.33. The van der Waals surface area contributed by atoms with E-state index in [0.29, 0.717) is 5.56 Å². The quantitative estimate of drug-likeness (QED) is 0.507. The lowest BCUT2D eigenvalue weighted by Crippen LogP contribution is -2.69. The lowest BCUT2D eigenvalue weighted by molar-refractivity contribution is -0.0834. The van der Waals surface area contributed by atoms with Crippen molar-refractivity contribution in [2.75, 3.05) is 31.6 Å². The van der Waals surface area contributed by atoms with Gasteiger partial charge in [-0.3, -0.25) is 4.79 Å². The smallest absolute Gasteiger partial charge is 0.256 e. The van der Waals surface area contributed by atoms with E-state index in [9.17, 15) is 28.2 Å². The fraction of sp³-hybridized carbons (Fsp3) is 0.458. The molecule has 0 aromatic heterocycles. The first-order valence-corrected chi connectivity index (χ1v) is 11.0. The predicted molar refractivity (Wildman–Crippen MR) is 118 cm³/mol. The first-order chi connectivity index (χ1) is 15.7. The van der Waals surface area contributed by atoms with Gasteiger partial charge in [-0.15, -0.1) is 0 Å². The van der Waals surface area contributed by atoms with Gasteiger partial charge in [0.25, 0.3) is 5.91 Å². The molecule has 2 aromatic carbocycles. The van der Waals surface area contributed by atoms with Crippen molar-refractivity contribution >= 4 is 17.3 Å². The molecule has 1 heterocycles. The summed E-state index contributed by atoms with van der Waals surface area (Å²) in [6.45, 7) is 1.87. The number of amides is 1. The minimum Gasteiger partial charge on any atom is -0.394 e. The number of halogens is 3. The van der Waals surface area contributed by atoms with E-state index < -0.39 is 40.2 Å². The van der Waals surface area contributed by atoms with Crippen molar-refractivity contribution in [3.8, 4) is 0 Å². The van der Waals surface area contributed by atoms with Crippen LogP contribution in [0.1, 0.15) is 41.6 Å². The number of carbonyl (C=O) groups excluding carboxylic acids is 1. The minimum atomic E-state index is -1.29. The Kier molecular flexibility index (Phi) is 6.39. The number of nitrogens with zero attached hydrogens (tertiary/aromatic N) is 1. The number of anilines is 2. The summed E-state index contributed by atoms with van der Waals surface area (Å²) < 4.78 is 42.8. The van der Waals surface area contributed by atoms with Gasteiger partial charge in [-0.1, -0.05) is 18.9 Å². The number of aryl methyl sites for hydroxylation is 1. The molecular weight excluding hydrogens is 435 g/mol. The van der Waals surface area contributed by atoms with E-state index in [4.69, 9.17) is 0 Å². The van der Waals surface area contributed by atoms with Crippen LogP contribution in [0.2, 0.25) is 0 Å². The number of hydrogen-bond donors (Lipinski definition) is 4. The number of β-amino-alcohol motifs (C(OH)–C–C–N with tert-alkyl or cyclic N) is 1. The maximum atomic E-state index is 14.6. The van der Waals surface area contributed by atoms with Gasteiger partial charge < -0.3 is 25.7 Å². The number of carbonyl (C=O) groups is 1. The Balaban J connectivity index is 1.48. The Labute approximate surface area is 190 Å². The van der Waals surface area contributed by atoms with E-state index in [1.807, 2.05) is 0 Å². The van der Waals surface area contributed by atoms with Crippen LogP contribution in [0.3, 0.4) is 0 Å². The van der Waals surface area contributed by atoms with Gasteiger partial charge in [0.05, 0.1) is 36.6 Å². The second-order valence-electron chi connectivity index (χ2n) is 9.28. The topological polar surface area (TPSA) is 84.8 Å². The Bertz CT molecular complexity index is 1050. The van der Waals surface area contributed by atoms with Gasteiger partial charge in [0.15, 0.2) is 11.6 Å². The summed E-state index contributed by atoms with van der Waals surface area (Å²) in [5.41, 5.74) is -1.64. The maximum Gasteiger partial charge on any atom is 0.256 e. The highest BCUT2D eigenvalue weighted by molar-refractivity contribution is 6.01. The van der Waals surface area contributed by atoms with E-state index in [2.05, 4.69) is 10.6 Å². The number of aliphatic hydroxyl groups excluding tert-OH is 1. The van der Waals surface area contributed by atoms with E-state index in [1.54, 1.807) is 13.0 Å². The van der Waals surface area contributed by atoms with E-state index >= 15 is 0 Å². The minimum absolute atomic E-state index is 0.00231. The van der Waals surface area contributed by atoms with Crippen LogP contribution in [-0.2, 0) is 0 Å². The molecule has 33 heavy (non-hydrogen) atoms. The average molecular weight is 464 g/mol. The van der Waals surface area contributed by atoms with E-state index in [-0.39, 0.29) is 37.5 Å². The zero-order valence-corrected chi connectivity index (χ0v) is 18.4. The molecule has 0 bridgehead atoms. The van der Waals surface area contributed by atoms with Crippen LogP contribution >= 0.6 is 0 Å². The molecule has 6 nitrogen and oxygen atoms in total. The highest BCUT2D eigenvalue weighted by Gasteiger charge is 2.46. The molecule has 0 radical (unpaired) electrons. The fourth-order valence-electron chi connectivity index (χ4n) is 4.59. The summed E-state index contributed by atoms with van der Waals surface area (Å²) >= 11 is 0. The number of nitrogens with one attached hydrogen (secondary N) is 2. The molecule has 1 aliphatic carbocycles. The second-order valence-corrected chi connectivity index (χ2v) is 9.28. The molecule has 0 atom stereocenters. The normalized spacial score (nSPS) is 18.8. The summed E-state index contributed by atoms with van der Waals surface area (Å²) in [5.74, 6) is -3.72. The van der Waals surface area contributed by atoms with Gasteiger partial charge in [-0.05, 0) is 49.6 Å². The standard InChI is InChI=1S/C24H28F3N3O3/c1-15-4-7-19(18(26)10-15)29-21-16(5-6-17(25)20(21)27)22(32)30-12-24(33,13-30)11-28-23(14-31)8-2-3-9-23/h4-7,10,28-29,31,33H,2-3,8-9,11-14H2,1H3. The molecule has 1 amide bonds. The highest BCUT2D eigenvalue weighted by atomic mass is 19.2. The third-order valence-corrected chi connectivity index (χ3v) is 6.62. The van der Waals surface area contributed by atoms with Crippen molar-refractivity contribution in [3.63, 3.8) is 0 Å². The lowest BCUT2D eigenvalue weighted by Gasteiger charge is -2.48. The summed E-state index contributed by atoms with van der Waals surface area (Å²) in [6, 6.07) is 6.22. The van der Waals surface area contributed by atoms with Crippen LogP contribution in [-0.4, -0.2) is 58.4 Å². The Morgan fingerprint density at radius 2 is 1.79 bits per heavy atom. The Hall–Kier alpha value is -2.62. The van der Waals surface area contributed by atoms with Gasteiger partial charge in [0.1, 0.15) is 11.4 Å². The number of likely N-dealkylation sites (tertiary alicyclic amines) is 1. The van der Waals surface area contributed by atoms with Crippen LogP contribution in [0.25, 0.3) is 0 Å². The van der Waals surface area contributed by atoms with Gasteiger partial charge >= 0.3 is 0 Å². The molecule has 2 fully saturated rings. The van der Waals surface area contributed by atoms with Crippen molar-refractivity contribution in [1.82, 2.24) is 10.2 Å². The summed E-state index contributed by atoms with van der Waals surface area (Å²) in [6.07, 6.45) is 3.65. The van der Waals surface area contributed by atoms with Gasteiger partial charge in [0.2, 0.25) is 0 Å². The molecule has 4 rings (SSSR count). The Morgan fingerprint density at radius 1 is 1.09 bits per heavy atom. The van der Waals surface area contributed by atoms with Gasteiger partial charge in [-0.2, -0.15) is 0 Å². The number of hydrogen-bond acceptors (Lipinski definition) is 5. The van der Waals surface area contributed by atoms with Crippen molar-refractivity contribution < 1.29 is 28.2 Å². The van der Waals surface area contributed by atoms with Crippen LogP contribution in [0, 0.1) is 24.4 Å². The third kappa shape index (κ3) is 4.71. The zero-order chi connectivity index (χ0) is 23.8. The molecule has 1 saturated carbocycles. The molecule has 4 N–H and O–H groups in total. The fourth-order valence-corrected chi connectivity index (χ4v) is 4.59. The van der Waals surface area contributed by atoms with Crippen LogP contribution in [0.15, 0.2) is 30.3 Å². The van der Waals surface area contributed by atoms with E-state index in [1.165, 1.54) is 17.0 Å². The van der Waals surface area contributed by atoms with Crippen LogP contribution in [0.5, 0.6) is 0 Å². The predicted octanol–water partition coefficient (Wildman–Crippen LogP) is 3.24. The SMILES string of the molecule is Cc1ccc(Nc2c(C(=O)N3CC(O)(CNC4(CO)CCCC4)C3)ccc(F)c2F)c(F)c1. The van der Waals surface area contributed by atoms with Crippen molar-refractivity contribution in [2.45, 2.75) is 43.7 Å². The molecule has 9 heteroatoms. The average Bonchev–Trinajstić information content (AvgIpc) is 3.24. The molecule has 2 aromatic rings. The first-order valence-electron chi connectivity index (χ1n) is 11.0. The Morgan fingerprint density at radius 3 is 2.42 bits per heavy atom.